The van der Waals surface area contributed by atoms with Crippen LogP contribution in [0.4, 0.5) is 0 Å². The Morgan fingerprint density at radius 1 is 1.33 bits per heavy atom. The molecule has 4 rings (SSSR count). The van der Waals surface area contributed by atoms with E-state index in [-0.39, 0.29) is 11.9 Å². The van der Waals surface area contributed by atoms with Gasteiger partial charge in [-0.05, 0) is 26.2 Å². The third-order valence-electron chi connectivity index (χ3n) is 4.17. The van der Waals surface area contributed by atoms with Gasteiger partial charge in [-0.2, -0.15) is 0 Å². The Balaban J connectivity index is 1.52. The number of rotatable bonds is 3. The van der Waals surface area contributed by atoms with Crippen LogP contribution in [0.3, 0.4) is 0 Å². The highest BCUT2D eigenvalue weighted by atomic mass is 32.1. The molecule has 24 heavy (non-hydrogen) atoms. The molecule has 0 saturated heterocycles. The third kappa shape index (κ3) is 2.85. The molecule has 122 valence electrons. The summed E-state index contributed by atoms with van der Waals surface area (Å²) in [5.74, 6) is 0.374. The summed E-state index contributed by atoms with van der Waals surface area (Å²) >= 11 is 1.72. The van der Waals surface area contributed by atoms with Crippen LogP contribution in [0, 0.1) is 6.92 Å². The predicted molar refractivity (Wildman–Crippen MR) is 91.9 cm³/mol. The summed E-state index contributed by atoms with van der Waals surface area (Å²) in [7, 11) is 0. The van der Waals surface area contributed by atoms with E-state index >= 15 is 0 Å². The van der Waals surface area contributed by atoms with Crippen molar-refractivity contribution in [1.82, 2.24) is 15.5 Å². The van der Waals surface area contributed by atoms with E-state index in [1.54, 1.807) is 17.4 Å². The fourth-order valence-electron chi connectivity index (χ4n) is 3.03. The van der Waals surface area contributed by atoms with E-state index in [0.717, 1.165) is 35.5 Å². The SMILES string of the molecule is Cc1nc2c(s1)CCCC2NC(=O)c1cc(-c2ccccc2)on1. The van der Waals surface area contributed by atoms with Crippen LogP contribution in [0.25, 0.3) is 11.3 Å². The maximum absolute atomic E-state index is 12.5. The van der Waals surface area contributed by atoms with Gasteiger partial charge in [-0.25, -0.2) is 4.98 Å². The van der Waals surface area contributed by atoms with Gasteiger partial charge in [-0.1, -0.05) is 35.5 Å². The number of carbonyl (C=O) groups excluding carboxylic acids is 1. The molecule has 6 heteroatoms. The van der Waals surface area contributed by atoms with Crippen molar-refractivity contribution in [2.75, 3.05) is 0 Å². The van der Waals surface area contributed by atoms with Crippen LogP contribution in [0.5, 0.6) is 0 Å². The lowest BCUT2D eigenvalue weighted by Gasteiger charge is -2.21. The van der Waals surface area contributed by atoms with Crippen LogP contribution >= 0.6 is 11.3 Å². The molecule has 2 aromatic heterocycles. The Morgan fingerprint density at radius 2 is 2.17 bits per heavy atom. The third-order valence-corrected chi connectivity index (χ3v) is 5.21. The number of nitrogens with zero attached hydrogens (tertiary/aromatic N) is 2. The molecule has 1 N–H and O–H groups in total. The molecular weight excluding hydrogens is 322 g/mol. The average molecular weight is 339 g/mol. The number of nitrogens with one attached hydrogen (secondary N) is 1. The minimum absolute atomic E-state index is 0.0388. The van der Waals surface area contributed by atoms with Crippen molar-refractivity contribution < 1.29 is 9.32 Å². The van der Waals surface area contributed by atoms with E-state index in [1.165, 1.54) is 4.88 Å². The second-order valence-corrected chi connectivity index (χ2v) is 7.19. The smallest absolute Gasteiger partial charge is 0.274 e. The molecule has 0 spiro atoms. The van der Waals surface area contributed by atoms with Gasteiger partial charge in [0, 0.05) is 16.5 Å². The van der Waals surface area contributed by atoms with E-state index in [0.29, 0.717) is 11.5 Å². The number of hydrogen-bond donors (Lipinski definition) is 1. The van der Waals surface area contributed by atoms with Crippen molar-refractivity contribution in [3.8, 4) is 11.3 Å². The summed E-state index contributed by atoms with van der Waals surface area (Å²) in [6, 6.07) is 11.3. The van der Waals surface area contributed by atoms with Gasteiger partial charge in [0.15, 0.2) is 11.5 Å². The van der Waals surface area contributed by atoms with Gasteiger partial charge in [-0.3, -0.25) is 4.79 Å². The molecule has 3 aromatic rings. The maximum Gasteiger partial charge on any atom is 0.274 e. The summed E-state index contributed by atoms with van der Waals surface area (Å²) in [5.41, 5.74) is 2.22. The zero-order valence-corrected chi connectivity index (χ0v) is 14.1. The van der Waals surface area contributed by atoms with E-state index in [1.807, 2.05) is 37.3 Å². The van der Waals surface area contributed by atoms with Crippen LogP contribution in [-0.2, 0) is 6.42 Å². The molecule has 2 heterocycles. The van der Waals surface area contributed by atoms with Gasteiger partial charge in [0.2, 0.25) is 0 Å². The van der Waals surface area contributed by atoms with Gasteiger partial charge >= 0.3 is 0 Å². The summed E-state index contributed by atoms with van der Waals surface area (Å²) < 4.78 is 5.31. The first kappa shape index (κ1) is 15.1. The van der Waals surface area contributed by atoms with E-state index in [4.69, 9.17) is 4.52 Å². The lowest BCUT2D eigenvalue weighted by Crippen LogP contribution is -2.31. The number of hydrogen-bond acceptors (Lipinski definition) is 5. The average Bonchev–Trinajstić information content (AvgIpc) is 3.22. The molecule has 1 aromatic carbocycles. The molecule has 1 aliphatic rings. The van der Waals surface area contributed by atoms with Gasteiger partial charge in [0.25, 0.3) is 5.91 Å². The Morgan fingerprint density at radius 3 is 3.00 bits per heavy atom. The van der Waals surface area contributed by atoms with Gasteiger partial charge in [0.05, 0.1) is 16.7 Å². The zero-order valence-electron chi connectivity index (χ0n) is 13.3. The second kappa shape index (κ2) is 6.20. The molecule has 0 fully saturated rings. The lowest BCUT2D eigenvalue weighted by atomic mass is 9.97. The minimum Gasteiger partial charge on any atom is -0.355 e. The van der Waals surface area contributed by atoms with E-state index in [9.17, 15) is 4.79 Å². The van der Waals surface area contributed by atoms with Crippen molar-refractivity contribution in [3.05, 3.63) is 57.7 Å². The molecule has 0 radical (unpaired) electrons. The Bertz CT molecular complexity index is 870. The van der Waals surface area contributed by atoms with Crippen molar-refractivity contribution in [1.29, 1.82) is 0 Å². The molecule has 0 saturated carbocycles. The summed E-state index contributed by atoms with van der Waals surface area (Å²) in [6.07, 6.45) is 3.02. The molecule has 1 atom stereocenters. The van der Waals surface area contributed by atoms with E-state index in [2.05, 4.69) is 15.5 Å². The number of aryl methyl sites for hydroxylation is 2. The fraction of sp³-hybridized carbons (Fsp3) is 0.278. The lowest BCUT2D eigenvalue weighted by molar-refractivity contribution is 0.0923. The summed E-state index contributed by atoms with van der Waals surface area (Å²) in [4.78, 5) is 18.4. The summed E-state index contributed by atoms with van der Waals surface area (Å²) in [5, 5.41) is 8.02. The number of fused-ring (bicyclic) bond motifs is 1. The van der Waals surface area contributed by atoms with Crippen LogP contribution in [-0.4, -0.2) is 16.0 Å². The molecule has 1 amide bonds. The van der Waals surface area contributed by atoms with Gasteiger partial charge < -0.3 is 9.84 Å². The first-order valence-electron chi connectivity index (χ1n) is 8.00. The van der Waals surface area contributed by atoms with Crippen molar-refractivity contribution in [3.63, 3.8) is 0 Å². The summed E-state index contributed by atoms with van der Waals surface area (Å²) in [6.45, 7) is 2.01. The minimum atomic E-state index is -0.218. The van der Waals surface area contributed by atoms with Gasteiger partial charge in [0.1, 0.15) is 0 Å². The molecule has 5 nitrogen and oxygen atoms in total. The Hall–Kier alpha value is -2.47. The van der Waals surface area contributed by atoms with Crippen LogP contribution in [0.2, 0.25) is 0 Å². The molecule has 1 unspecified atom stereocenters. The standard InChI is InChI=1S/C18H17N3O2S/c1-11-19-17-13(8-5-9-16(17)24-11)20-18(22)14-10-15(23-21-14)12-6-3-2-4-7-12/h2-4,6-7,10,13H,5,8-9H2,1H3,(H,20,22). The van der Waals surface area contributed by atoms with Crippen molar-refractivity contribution in [2.45, 2.75) is 32.2 Å². The van der Waals surface area contributed by atoms with Crippen molar-refractivity contribution in [2.24, 2.45) is 0 Å². The largest absolute Gasteiger partial charge is 0.355 e. The van der Waals surface area contributed by atoms with Crippen LogP contribution in [0.1, 0.15) is 45.0 Å². The monoisotopic (exact) mass is 339 g/mol. The van der Waals surface area contributed by atoms with Crippen LogP contribution < -0.4 is 5.32 Å². The van der Waals surface area contributed by atoms with Crippen molar-refractivity contribution >= 4 is 17.2 Å². The first-order valence-corrected chi connectivity index (χ1v) is 8.81. The Kier molecular flexibility index (Phi) is 3.90. The fourth-order valence-corrected chi connectivity index (χ4v) is 4.07. The number of thiazole rings is 1. The maximum atomic E-state index is 12.5. The second-order valence-electron chi connectivity index (χ2n) is 5.90. The number of aromatic nitrogens is 2. The Labute approximate surface area is 143 Å². The predicted octanol–water partition coefficient (Wildman–Crippen LogP) is 3.91. The number of carbonyl (C=O) groups is 1. The zero-order chi connectivity index (χ0) is 16.5. The highest BCUT2D eigenvalue weighted by Gasteiger charge is 2.26. The molecule has 1 aliphatic carbocycles. The van der Waals surface area contributed by atoms with Gasteiger partial charge in [-0.15, -0.1) is 11.3 Å². The van der Waals surface area contributed by atoms with Crippen LogP contribution in [0.15, 0.2) is 40.9 Å². The highest BCUT2D eigenvalue weighted by molar-refractivity contribution is 7.11. The number of amides is 1. The molecular formula is C18H17N3O2S. The highest BCUT2D eigenvalue weighted by Crippen LogP contribution is 2.33. The first-order chi connectivity index (χ1) is 11.7. The topological polar surface area (TPSA) is 68.0 Å². The number of benzene rings is 1. The molecule has 0 aliphatic heterocycles. The van der Waals surface area contributed by atoms with E-state index < -0.39 is 0 Å². The molecule has 0 bridgehead atoms. The quantitative estimate of drug-likeness (QED) is 0.785. The normalized spacial score (nSPS) is 16.6.